The van der Waals surface area contributed by atoms with Crippen LogP contribution < -0.4 is 5.32 Å². The maximum absolute atomic E-state index is 10.1. The second kappa shape index (κ2) is 8.10. The molecule has 5 nitrogen and oxygen atoms in total. The third-order valence-electron chi connectivity index (χ3n) is 5.84. The van der Waals surface area contributed by atoms with Crippen LogP contribution in [0, 0.1) is 25.2 Å². The van der Waals surface area contributed by atoms with Gasteiger partial charge in [0.1, 0.15) is 17.7 Å². The Kier molecular flexibility index (Phi) is 5.12. The monoisotopic (exact) mass is 481 g/mol. The van der Waals surface area contributed by atoms with Crippen LogP contribution in [0.25, 0.3) is 16.7 Å². The van der Waals surface area contributed by atoms with Crippen molar-refractivity contribution in [2.45, 2.75) is 20.3 Å². The fraction of sp³-hybridized carbons (Fsp3) is 0.115. The average molecular weight is 482 g/mol. The molecule has 0 spiro atoms. The van der Waals surface area contributed by atoms with Crippen LogP contribution in [0.5, 0.6) is 0 Å². The number of para-hydroxylation sites is 2. The predicted octanol–water partition coefficient (Wildman–Crippen LogP) is 6.47. The maximum atomic E-state index is 10.1. The van der Waals surface area contributed by atoms with Gasteiger partial charge in [0, 0.05) is 22.7 Å². The summed E-state index contributed by atoms with van der Waals surface area (Å²) in [5.41, 5.74) is 7.46. The van der Waals surface area contributed by atoms with E-state index in [1.165, 1.54) is 11.1 Å². The van der Waals surface area contributed by atoms with Gasteiger partial charge in [0.05, 0.1) is 16.6 Å². The molecule has 2 aromatic carbocycles. The minimum atomic E-state index is 0.596. The van der Waals surface area contributed by atoms with Gasteiger partial charge in [-0.3, -0.25) is 4.40 Å². The second-order valence-electron chi connectivity index (χ2n) is 7.79. The highest BCUT2D eigenvalue weighted by molar-refractivity contribution is 9.10. The van der Waals surface area contributed by atoms with Crippen molar-refractivity contribution in [2.24, 2.45) is 0 Å². The Labute approximate surface area is 194 Å². The zero-order valence-electron chi connectivity index (χ0n) is 17.7. The lowest BCUT2D eigenvalue weighted by atomic mass is 9.95. The molecule has 0 saturated carbocycles. The van der Waals surface area contributed by atoms with E-state index in [0.717, 1.165) is 38.3 Å². The molecular formula is C26H20BrN5. The fourth-order valence-electron chi connectivity index (χ4n) is 4.10. The molecule has 156 valence electrons. The number of rotatable bonds is 4. The van der Waals surface area contributed by atoms with Crippen molar-refractivity contribution in [2.75, 3.05) is 5.32 Å². The minimum Gasteiger partial charge on any atom is -0.326 e. The van der Waals surface area contributed by atoms with Crippen molar-refractivity contribution in [3.63, 3.8) is 0 Å². The first kappa shape index (κ1) is 20.2. The fourth-order valence-corrected chi connectivity index (χ4v) is 4.34. The van der Waals surface area contributed by atoms with Gasteiger partial charge in [0.25, 0.3) is 0 Å². The molecule has 0 radical (unpaired) electrons. The molecular weight excluding hydrogens is 462 g/mol. The Bertz CT molecular complexity index is 1510. The van der Waals surface area contributed by atoms with Crippen LogP contribution in [0.1, 0.15) is 27.8 Å². The number of benzene rings is 2. The molecule has 0 aliphatic rings. The topological polar surface area (TPSA) is 66.0 Å². The lowest BCUT2D eigenvalue weighted by molar-refractivity contribution is 1.07. The standard InChI is InChI=1S/C26H20BrN5/c1-16-7-3-4-8-18(16)13-20-17(2)21(14-28)26-30-22-9-5-6-10-23(22)32(26)25(20)31-24-12-11-19(27)15-29-24/h3-12,15H,13H2,1-2H3,(H,29,31). The van der Waals surface area contributed by atoms with Crippen LogP contribution >= 0.6 is 15.9 Å². The van der Waals surface area contributed by atoms with E-state index in [2.05, 4.69) is 61.8 Å². The number of aryl methyl sites for hydroxylation is 1. The Morgan fingerprint density at radius 1 is 1.03 bits per heavy atom. The smallest absolute Gasteiger partial charge is 0.157 e. The van der Waals surface area contributed by atoms with E-state index < -0.39 is 0 Å². The van der Waals surface area contributed by atoms with Crippen LogP contribution in [0.2, 0.25) is 0 Å². The van der Waals surface area contributed by atoms with E-state index in [9.17, 15) is 5.26 Å². The average Bonchev–Trinajstić information content (AvgIpc) is 3.18. The summed E-state index contributed by atoms with van der Waals surface area (Å²) in [7, 11) is 0. The summed E-state index contributed by atoms with van der Waals surface area (Å²) in [4.78, 5) is 9.33. The Morgan fingerprint density at radius 3 is 2.56 bits per heavy atom. The first-order chi connectivity index (χ1) is 15.6. The van der Waals surface area contributed by atoms with Gasteiger partial charge in [-0.05, 0) is 70.7 Å². The number of nitrogens with zero attached hydrogens (tertiary/aromatic N) is 4. The number of halogens is 1. The van der Waals surface area contributed by atoms with E-state index in [1.807, 2.05) is 49.4 Å². The third-order valence-corrected chi connectivity index (χ3v) is 6.30. The van der Waals surface area contributed by atoms with Gasteiger partial charge in [0.15, 0.2) is 5.65 Å². The van der Waals surface area contributed by atoms with Crippen LogP contribution in [0.3, 0.4) is 0 Å². The molecule has 6 heteroatoms. The van der Waals surface area contributed by atoms with Gasteiger partial charge in [-0.15, -0.1) is 0 Å². The van der Waals surface area contributed by atoms with Crippen molar-refractivity contribution < 1.29 is 0 Å². The molecule has 0 bridgehead atoms. The van der Waals surface area contributed by atoms with Gasteiger partial charge < -0.3 is 5.32 Å². The highest BCUT2D eigenvalue weighted by Gasteiger charge is 2.21. The summed E-state index contributed by atoms with van der Waals surface area (Å²) < 4.78 is 2.97. The van der Waals surface area contributed by atoms with Crippen molar-refractivity contribution in [1.29, 1.82) is 5.26 Å². The lowest BCUT2D eigenvalue weighted by Crippen LogP contribution is -2.10. The van der Waals surface area contributed by atoms with E-state index in [4.69, 9.17) is 4.98 Å². The van der Waals surface area contributed by atoms with E-state index in [0.29, 0.717) is 17.6 Å². The van der Waals surface area contributed by atoms with Crippen LogP contribution in [-0.4, -0.2) is 14.4 Å². The molecule has 0 saturated heterocycles. The number of anilines is 2. The summed E-state index contributed by atoms with van der Waals surface area (Å²) in [5.74, 6) is 1.60. The molecule has 0 aliphatic carbocycles. The number of hydrogen-bond acceptors (Lipinski definition) is 4. The Balaban J connectivity index is 1.84. The Morgan fingerprint density at radius 2 is 1.81 bits per heavy atom. The SMILES string of the molecule is Cc1ccccc1Cc1c(C)c(C#N)c2nc3ccccc3n2c1Nc1ccc(Br)cn1. The number of aromatic nitrogens is 3. The number of fused-ring (bicyclic) bond motifs is 3. The van der Waals surface area contributed by atoms with E-state index in [1.54, 1.807) is 6.20 Å². The zero-order chi connectivity index (χ0) is 22.2. The molecule has 5 aromatic rings. The van der Waals surface area contributed by atoms with E-state index >= 15 is 0 Å². The van der Waals surface area contributed by atoms with Crippen LogP contribution in [0.4, 0.5) is 11.6 Å². The van der Waals surface area contributed by atoms with Crippen molar-refractivity contribution in [1.82, 2.24) is 14.4 Å². The molecule has 3 heterocycles. The maximum Gasteiger partial charge on any atom is 0.157 e. The second-order valence-corrected chi connectivity index (χ2v) is 8.70. The predicted molar refractivity (Wildman–Crippen MR) is 131 cm³/mol. The van der Waals surface area contributed by atoms with Crippen LogP contribution in [-0.2, 0) is 6.42 Å². The molecule has 5 rings (SSSR count). The highest BCUT2D eigenvalue weighted by Crippen LogP contribution is 2.34. The summed E-state index contributed by atoms with van der Waals surface area (Å²) >= 11 is 3.45. The number of nitrogens with one attached hydrogen (secondary N) is 1. The minimum absolute atomic E-state index is 0.596. The van der Waals surface area contributed by atoms with Gasteiger partial charge in [-0.1, -0.05) is 36.4 Å². The molecule has 0 aliphatic heterocycles. The molecule has 0 amide bonds. The summed E-state index contributed by atoms with van der Waals surface area (Å²) in [6.07, 6.45) is 2.46. The Hall–Kier alpha value is -3.69. The summed E-state index contributed by atoms with van der Waals surface area (Å²) in [6, 6.07) is 22.6. The highest BCUT2D eigenvalue weighted by atomic mass is 79.9. The van der Waals surface area contributed by atoms with Crippen molar-refractivity contribution in [3.05, 3.63) is 99.2 Å². The molecule has 1 N–H and O–H groups in total. The third kappa shape index (κ3) is 3.41. The molecule has 3 aromatic heterocycles. The first-order valence-electron chi connectivity index (χ1n) is 10.3. The molecule has 0 unspecified atom stereocenters. The van der Waals surface area contributed by atoms with Gasteiger partial charge >= 0.3 is 0 Å². The first-order valence-corrected chi connectivity index (χ1v) is 11.1. The summed E-state index contributed by atoms with van der Waals surface area (Å²) in [6.45, 7) is 4.12. The number of hydrogen-bond donors (Lipinski definition) is 1. The zero-order valence-corrected chi connectivity index (χ0v) is 19.3. The molecule has 0 fully saturated rings. The number of pyridine rings is 2. The lowest BCUT2D eigenvalue weighted by Gasteiger charge is -2.19. The van der Waals surface area contributed by atoms with Crippen LogP contribution in [0.15, 0.2) is 71.3 Å². The quantitative estimate of drug-likeness (QED) is 0.319. The van der Waals surface area contributed by atoms with Gasteiger partial charge in [0.2, 0.25) is 0 Å². The van der Waals surface area contributed by atoms with Gasteiger partial charge in [-0.25, -0.2) is 9.97 Å². The van der Waals surface area contributed by atoms with Crippen molar-refractivity contribution in [3.8, 4) is 6.07 Å². The number of imidazole rings is 1. The van der Waals surface area contributed by atoms with Gasteiger partial charge in [-0.2, -0.15) is 5.26 Å². The van der Waals surface area contributed by atoms with E-state index in [-0.39, 0.29) is 0 Å². The largest absolute Gasteiger partial charge is 0.326 e. The molecule has 0 atom stereocenters. The normalized spacial score (nSPS) is 11.1. The summed E-state index contributed by atoms with van der Waals surface area (Å²) in [5, 5.41) is 13.6. The number of nitriles is 1. The van der Waals surface area contributed by atoms with Crippen molar-refractivity contribution >= 4 is 44.2 Å². The molecule has 32 heavy (non-hydrogen) atoms.